The van der Waals surface area contributed by atoms with Crippen molar-refractivity contribution in [3.05, 3.63) is 35.8 Å². The summed E-state index contributed by atoms with van der Waals surface area (Å²) in [7, 11) is 0. The lowest BCUT2D eigenvalue weighted by atomic mass is 10.2. The molecular weight excluding hydrogens is 220 g/mol. The number of aryl methyl sites for hydroxylation is 1. The summed E-state index contributed by atoms with van der Waals surface area (Å²) >= 11 is 0. The SMILES string of the molecule is Cc1cccnc1-c1cnc(C(=O)O)c(N)n1. The van der Waals surface area contributed by atoms with Crippen molar-refractivity contribution in [2.75, 3.05) is 5.73 Å². The van der Waals surface area contributed by atoms with E-state index in [0.29, 0.717) is 11.4 Å². The van der Waals surface area contributed by atoms with Crippen LogP contribution in [0.25, 0.3) is 11.4 Å². The lowest BCUT2D eigenvalue weighted by Gasteiger charge is -2.05. The molecule has 3 N–H and O–H groups in total. The fraction of sp³-hybridized carbons (Fsp3) is 0.0909. The van der Waals surface area contributed by atoms with Crippen LogP contribution in [0, 0.1) is 6.92 Å². The van der Waals surface area contributed by atoms with E-state index >= 15 is 0 Å². The lowest BCUT2D eigenvalue weighted by Crippen LogP contribution is -2.08. The molecule has 0 unspecified atom stereocenters. The largest absolute Gasteiger partial charge is 0.476 e. The first-order valence-electron chi connectivity index (χ1n) is 4.87. The van der Waals surface area contributed by atoms with E-state index < -0.39 is 5.97 Å². The number of nitrogens with zero attached hydrogens (tertiary/aromatic N) is 3. The number of aromatic nitrogens is 3. The summed E-state index contributed by atoms with van der Waals surface area (Å²) in [6, 6.07) is 3.69. The quantitative estimate of drug-likeness (QED) is 0.801. The highest BCUT2D eigenvalue weighted by Gasteiger charge is 2.13. The van der Waals surface area contributed by atoms with Gasteiger partial charge in [0.05, 0.1) is 11.9 Å². The summed E-state index contributed by atoms with van der Waals surface area (Å²) in [5, 5.41) is 8.78. The molecule has 6 heteroatoms. The van der Waals surface area contributed by atoms with Gasteiger partial charge in [0, 0.05) is 6.20 Å². The molecule has 0 aliphatic heterocycles. The van der Waals surface area contributed by atoms with Gasteiger partial charge in [0.15, 0.2) is 11.5 Å². The summed E-state index contributed by atoms with van der Waals surface area (Å²) in [5.74, 6) is -1.31. The second kappa shape index (κ2) is 4.17. The van der Waals surface area contributed by atoms with Crippen LogP contribution in [0.3, 0.4) is 0 Å². The van der Waals surface area contributed by atoms with Crippen molar-refractivity contribution in [1.82, 2.24) is 15.0 Å². The fourth-order valence-electron chi connectivity index (χ4n) is 1.44. The monoisotopic (exact) mass is 230 g/mol. The average molecular weight is 230 g/mol. The number of aromatic carboxylic acids is 1. The van der Waals surface area contributed by atoms with Crippen molar-refractivity contribution in [3.8, 4) is 11.4 Å². The highest BCUT2D eigenvalue weighted by molar-refractivity contribution is 5.90. The highest BCUT2D eigenvalue weighted by atomic mass is 16.4. The smallest absolute Gasteiger partial charge is 0.358 e. The summed E-state index contributed by atoms with van der Waals surface area (Å²) < 4.78 is 0. The Balaban J connectivity index is 2.52. The maximum absolute atomic E-state index is 10.7. The number of nitrogens with two attached hydrogens (primary N) is 1. The maximum atomic E-state index is 10.7. The minimum absolute atomic E-state index is 0.111. The van der Waals surface area contributed by atoms with E-state index in [9.17, 15) is 4.79 Å². The minimum atomic E-state index is -1.20. The standard InChI is InChI=1S/C11H10N4O2/c1-6-3-2-4-13-8(6)7-5-14-9(11(16)17)10(12)15-7/h2-5H,1H3,(H2,12,15)(H,16,17). The van der Waals surface area contributed by atoms with Crippen LogP contribution in [0.5, 0.6) is 0 Å². The van der Waals surface area contributed by atoms with E-state index in [-0.39, 0.29) is 11.5 Å². The normalized spacial score (nSPS) is 10.2. The molecular formula is C11H10N4O2. The zero-order valence-electron chi connectivity index (χ0n) is 9.08. The van der Waals surface area contributed by atoms with E-state index in [1.807, 2.05) is 13.0 Å². The molecule has 0 atom stereocenters. The Morgan fingerprint density at radius 2 is 2.18 bits per heavy atom. The van der Waals surface area contributed by atoms with Gasteiger partial charge in [-0.1, -0.05) is 6.07 Å². The predicted octanol–water partition coefficient (Wildman–Crippen LogP) is 1.13. The summed E-state index contributed by atoms with van der Waals surface area (Å²) in [6.45, 7) is 1.88. The third-order valence-corrected chi connectivity index (χ3v) is 2.25. The molecule has 0 fully saturated rings. The molecule has 0 saturated heterocycles. The third kappa shape index (κ3) is 2.05. The molecule has 2 heterocycles. The van der Waals surface area contributed by atoms with Crippen LogP contribution in [0.1, 0.15) is 16.1 Å². The van der Waals surface area contributed by atoms with Crippen LogP contribution in [-0.2, 0) is 0 Å². The van der Waals surface area contributed by atoms with Crippen LogP contribution < -0.4 is 5.73 Å². The number of carboxylic acids is 1. The molecule has 0 bridgehead atoms. The van der Waals surface area contributed by atoms with Gasteiger partial charge in [-0.05, 0) is 18.6 Å². The number of anilines is 1. The predicted molar refractivity (Wildman–Crippen MR) is 61.4 cm³/mol. The molecule has 0 aliphatic carbocycles. The van der Waals surface area contributed by atoms with Crippen molar-refractivity contribution in [1.29, 1.82) is 0 Å². The number of hydrogen-bond donors (Lipinski definition) is 2. The van der Waals surface area contributed by atoms with E-state index in [1.165, 1.54) is 6.20 Å². The van der Waals surface area contributed by atoms with Crippen LogP contribution in [0.15, 0.2) is 24.5 Å². The molecule has 17 heavy (non-hydrogen) atoms. The van der Waals surface area contributed by atoms with Crippen LogP contribution >= 0.6 is 0 Å². The van der Waals surface area contributed by atoms with Gasteiger partial charge in [-0.25, -0.2) is 14.8 Å². The van der Waals surface area contributed by atoms with Crippen molar-refractivity contribution >= 4 is 11.8 Å². The zero-order valence-corrected chi connectivity index (χ0v) is 9.08. The van der Waals surface area contributed by atoms with Gasteiger partial charge in [0.1, 0.15) is 5.69 Å². The Bertz CT molecular complexity index is 583. The van der Waals surface area contributed by atoms with E-state index in [1.54, 1.807) is 12.3 Å². The summed E-state index contributed by atoms with van der Waals surface area (Å²) in [5.41, 5.74) is 7.31. The number of hydrogen-bond acceptors (Lipinski definition) is 5. The van der Waals surface area contributed by atoms with Crippen LogP contribution in [0.4, 0.5) is 5.82 Å². The molecule has 0 radical (unpaired) electrons. The zero-order chi connectivity index (χ0) is 12.4. The number of rotatable bonds is 2. The molecule has 0 aromatic carbocycles. The molecule has 2 rings (SSSR count). The molecule has 2 aromatic rings. The highest BCUT2D eigenvalue weighted by Crippen LogP contribution is 2.19. The molecule has 0 saturated carbocycles. The van der Waals surface area contributed by atoms with Gasteiger partial charge in [-0.15, -0.1) is 0 Å². The third-order valence-electron chi connectivity index (χ3n) is 2.25. The number of carboxylic acid groups (broad SMARTS) is 1. The van der Waals surface area contributed by atoms with Crippen LogP contribution in [0.2, 0.25) is 0 Å². The average Bonchev–Trinajstić information content (AvgIpc) is 2.29. The first-order chi connectivity index (χ1) is 8.09. The lowest BCUT2D eigenvalue weighted by molar-refractivity contribution is 0.0691. The molecule has 6 nitrogen and oxygen atoms in total. The van der Waals surface area contributed by atoms with Gasteiger partial charge in [-0.3, -0.25) is 4.98 Å². The Labute approximate surface area is 97.2 Å². The number of nitrogen functional groups attached to an aromatic ring is 1. The number of carbonyl (C=O) groups is 1. The summed E-state index contributed by atoms with van der Waals surface area (Å²) in [6.07, 6.45) is 2.99. The Morgan fingerprint density at radius 1 is 1.41 bits per heavy atom. The van der Waals surface area contributed by atoms with E-state index in [2.05, 4.69) is 15.0 Å². The second-order valence-electron chi connectivity index (χ2n) is 3.46. The van der Waals surface area contributed by atoms with Crippen LogP contribution in [-0.4, -0.2) is 26.0 Å². The second-order valence-corrected chi connectivity index (χ2v) is 3.46. The van der Waals surface area contributed by atoms with Gasteiger partial charge < -0.3 is 10.8 Å². The van der Waals surface area contributed by atoms with Gasteiger partial charge in [0.2, 0.25) is 0 Å². The maximum Gasteiger partial charge on any atom is 0.358 e. The van der Waals surface area contributed by atoms with Crippen molar-refractivity contribution in [2.24, 2.45) is 0 Å². The molecule has 86 valence electrons. The molecule has 0 aliphatic rings. The van der Waals surface area contributed by atoms with E-state index in [0.717, 1.165) is 5.56 Å². The molecule has 2 aromatic heterocycles. The van der Waals surface area contributed by atoms with Crippen molar-refractivity contribution in [3.63, 3.8) is 0 Å². The number of pyridine rings is 1. The molecule has 0 spiro atoms. The summed E-state index contributed by atoms with van der Waals surface area (Å²) in [4.78, 5) is 22.7. The fourth-order valence-corrected chi connectivity index (χ4v) is 1.44. The topological polar surface area (TPSA) is 102 Å². The Kier molecular flexibility index (Phi) is 2.70. The first kappa shape index (κ1) is 11.0. The van der Waals surface area contributed by atoms with Gasteiger partial charge >= 0.3 is 5.97 Å². The first-order valence-corrected chi connectivity index (χ1v) is 4.87. The minimum Gasteiger partial charge on any atom is -0.476 e. The Morgan fingerprint density at radius 3 is 2.76 bits per heavy atom. The van der Waals surface area contributed by atoms with Crippen molar-refractivity contribution < 1.29 is 9.90 Å². The van der Waals surface area contributed by atoms with Gasteiger partial charge in [-0.2, -0.15) is 0 Å². The van der Waals surface area contributed by atoms with Gasteiger partial charge in [0.25, 0.3) is 0 Å². The van der Waals surface area contributed by atoms with E-state index in [4.69, 9.17) is 10.8 Å². The molecule has 0 amide bonds. The van der Waals surface area contributed by atoms with Crippen molar-refractivity contribution in [2.45, 2.75) is 6.92 Å². The Hall–Kier alpha value is -2.50.